The fraction of sp³-hybridized carbons (Fsp3) is 0.538. The summed E-state index contributed by atoms with van der Waals surface area (Å²) in [6, 6.07) is 15.5. The van der Waals surface area contributed by atoms with Gasteiger partial charge in [0.1, 0.15) is 0 Å². The fourth-order valence-corrected chi connectivity index (χ4v) is 4.80. The average molecular weight is 568 g/mol. The molecule has 0 aliphatic rings. The van der Waals surface area contributed by atoms with Gasteiger partial charge in [-0.25, -0.2) is 0 Å². The topological polar surface area (TPSA) is 58.9 Å². The lowest BCUT2D eigenvalue weighted by atomic mass is 9.80. The van der Waals surface area contributed by atoms with Crippen LogP contribution < -0.4 is 5.46 Å². The van der Waals surface area contributed by atoms with Crippen LogP contribution in [0.25, 0.3) is 0 Å². The molecule has 0 saturated carbocycles. The van der Waals surface area contributed by atoms with Gasteiger partial charge in [-0.1, -0.05) is 93.9 Å². The molecule has 8 heteroatoms. The van der Waals surface area contributed by atoms with Crippen molar-refractivity contribution in [3.05, 3.63) is 64.1 Å². The Bertz CT molecular complexity index is 906. The van der Waals surface area contributed by atoms with E-state index in [-0.39, 0.29) is 10.1 Å². The summed E-state index contributed by atoms with van der Waals surface area (Å²) in [5, 5.41) is 18.7. The molecular weight excluding hydrogens is 523 g/mol. The fourth-order valence-electron chi connectivity index (χ4n) is 2.43. The highest BCUT2D eigenvalue weighted by Crippen LogP contribution is 2.37. The molecular formula is C26H44BBrO4Si2. The molecule has 2 aromatic carbocycles. The standard InChI is InChI=1S/C13H23BO3Si.C13H21BrOSi/c1-13(2,3)18(4,5)17-10-11-7-6-8-12(9-11)14(15)16;1-13(2,3)16(4,5)15-10-11-7-6-8-12(14)9-11/h6-9,15-16H,10H2,1-5H3;6-9H,10H2,1-5H3. The Hall–Kier alpha value is -0.741. The van der Waals surface area contributed by atoms with Crippen molar-refractivity contribution in [2.75, 3.05) is 0 Å². The molecule has 2 N–H and O–H groups in total. The summed E-state index contributed by atoms with van der Waals surface area (Å²) in [6.07, 6.45) is 0. The maximum Gasteiger partial charge on any atom is 0.488 e. The van der Waals surface area contributed by atoms with Gasteiger partial charge in [0.15, 0.2) is 16.6 Å². The number of hydrogen-bond acceptors (Lipinski definition) is 4. The van der Waals surface area contributed by atoms with Crippen molar-refractivity contribution in [1.29, 1.82) is 0 Å². The zero-order chi connectivity index (χ0) is 26.4. The van der Waals surface area contributed by atoms with Gasteiger partial charge < -0.3 is 18.9 Å². The molecule has 0 amide bonds. The lowest BCUT2D eigenvalue weighted by Gasteiger charge is -2.36. The zero-order valence-electron chi connectivity index (χ0n) is 22.7. The predicted molar refractivity (Wildman–Crippen MR) is 154 cm³/mol. The van der Waals surface area contributed by atoms with Gasteiger partial charge in [-0.15, -0.1) is 0 Å². The molecule has 0 saturated heterocycles. The first kappa shape index (κ1) is 31.3. The number of halogens is 1. The Morgan fingerprint density at radius 3 is 1.53 bits per heavy atom. The van der Waals surface area contributed by atoms with E-state index in [1.807, 2.05) is 18.2 Å². The molecule has 2 aromatic rings. The predicted octanol–water partition coefficient (Wildman–Crippen LogP) is 6.86. The molecule has 4 nitrogen and oxygen atoms in total. The van der Waals surface area contributed by atoms with Gasteiger partial charge in [0.05, 0.1) is 13.2 Å². The summed E-state index contributed by atoms with van der Waals surface area (Å²) in [4.78, 5) is 0. The second-order valence-electron chi connectivity index (χ2n) is 11.8. The Morgan fingerprint density at radius 1 is 0.735 bits per heavy atom. The normalized spacial score (nSPS) is 12.7. The second kappa shape index (κ2) is 12.5. The van der Waals surface area contributed by atoms with Gasteiger partial charge in [-0.05, 0) is 65.0 Å². The summed E-state index contributed by atoms with van der Waals surface area (Å²) in [7, 11) is -4.80. The number of rotatable bonds is 7. The molecule has 0 aromatic heterocycles. The van der Waals surface area contributed by atoms with Gasteiger partial charge in [0.2, 0.25) is 0 Å². The molecule has 0 bridgehead atoms. The summed E-state index contributed by atoms with van der Waals surface area (Å²) >= 11 is 3.48. The maximum atomic E-state index is 9.13. The van der Waals surface area contributed by atoms with Gasteiger partial charge >= 0.3 is 7.12 Å². The minimum atomic E-state index is -1.76. The number of benzene rings is 2. The molecule has 0 unspecified atom stereocenters. The first-order valence-electron chi connectivity index (χ1n) is 11.8. The van der Waals surface area contributed by atoms with E-state index in [1.165, 1.54) is 5.56 Å². The van der Waals surface area contributed by atoms with Crippen molar-refractivity contribution in [3.63, 3.8) is 0 Å². The highest BCUT2D eigenvalue weighted by molar-refractivity contribution is 9.10. The van der Waals surface area contributed by atoms with Gasteiger partial charge in [0, 0.05) is 4.47 Å². The minimum Gasteiger partial charge on any atom is -0.423 e. The Labute approximate surface area is 218 Å². The molecule has 0 atom stereocenters. The lowest BCUT2D eigenvalue weighted by Crippen LogP contribution is -2.40. The van der Waals surface area contributed by atoms with E-state index in [2.05, 4.69) is 102 Å². The van der Waals surface area contributed by atoms with Crippen LogP contribution in [0.1, 0.15) is 52.7 Å². The summed E-state index contributed by atoms with van der Waals surface area (Å²) < 4.78 is 13.4. The van der Waals surface area contributed by atoms with Crippen LogP contribution in [0.4, 0.5) is 0 Å². The Morgan fingerprint density at radius 2 is 1.15 bits per heavy atom. The van der Waals surface area contributed by atoms with Crippen LogP contribution in [-0.4, -0.2) is 33.8 Å². The molecule has 0 radical (unpaired) electrons. The summed E-state index contributed by atoms with van der Waals surface area (Å²) in [5.41, 5.74) is 2.72. The second-order valence-corrected chi connectivity index (χ2v) is 22.4. The molecule has 0 fully saturated rings. The van der Waals surface area contributed by atoms with Crippen molar-refractivity contribution in [2.45, 2.75) is 91.0 Å². The summed E-state index contributed by atoms with van der Waals surface area (Å²) in [6.45, 7) is 23.6. The van der Waals surface area contributed by atoms with Crippen molar-refractivity contribution in [1.82, 2.24) is 0 Å². The smallest absolute Gasteiger partial charge is 0.423 e. The monoisotopic (exact) mass is 566 g/mol. The first-order valence-corrected chi connectivity index (χ1v) is 18.4. The molecule has 190 valence electrons. The molecule has 0 aliphatic heterocycles. The van der Waals surface area contributed by atoms with Crippen LogP contribution in [0, 0.1) is 0 Å². The first-order chi connectivity index (χ1) is 15.4. The highest BCUT2D eigenvalue weighted by atomic mass is 79.9. The van der Waals surface area contributed by atoms with Crippen molar-refractivity contribution in [2.24, 2.45) is 0 Å². The third-order valence-electron chi connectivity index (χ3n) is 6.95. The molecule has 0 heterocycles. The quantitative estimate of drug-likeness (QED) is 0.359. The van der Waals surface area contributed by atoms with Crippen molar-refractivity contribution >= 4 is 45.1 Å². The zero-order valence-corrected chi connectivity index (χ0v) is 26.3. The Kier molecular flexibility index (Phi) is 11.5. The van der Waals surface area contributed by atoms with Crippen molar-refractivity contribution < 1.29 is 18.9 Å². The number of hydrogen-bond donors (Lipinski definition) is 2. The molecule has 34 heavy (non-hydrogen) atoms. The van der Waals surface area contributed by atoms with E-state index >= 15 is 0 Å². The highest BCUT2D eigenvalue weighted by Gasteiger charge is 2.37. The third kappa shape index (κ3) is 10.1. The van der Waals surface area contributed by atoms with Crippen LogP contribution in [0.15, 0.2) is 53.0 Å². The van der Waals surface area contributed by atoms with E-state index in [4.69, 9.17) is 18.9 Å². The van der Waals surface area contributed by atoms with Gasteiger partial charge in [-0.3, -0.25) is 0 Å². The van der Waals surface area contributed by atoms with E-state index < -0.39 is 23.8 Å². The SMILES string of the molecule is CC(C)(C)[Si](C)(C)OCc1cccc(B(O)O)c1.CC(C)(C)[Si](C)(C)OCc1cccc(Br)c1. The van der Waals surface area contributed by atoms with Crippen LogP contribution in [0.5, 0.6) is 0 Å². The Balaban J connectivity index is 0.000000342. The molecule has 2 rings (SSSR count). The van der Waals surface area contributed by atoms with E-state index in [0.717, 1.165) is 16.6 Å². The maximum absolute atomic E-state index is 9.13. The minimum absolute atomic E-state index is 0.182. The van der Waals surface area contributed by atoms with Crippen LogP contribution in [0.3, 0.4) is 0 Å². The average Bonchev–Trinajstić information content (AvgIpc) is 2.70. The largest absolute Gasteiger partial charge is 0.488 e. The van der Waals surface area contributed by atoms with Gasteiger partial charge in [0.25, 0.3) is 0 Å². The van der Waals surface area contributed by atoms with E-state index in [1.54, 1.807) is 12.1 Å². The van der Waals surface area contributed by atoms with Crippen LogP contribution >= 0.6 is 15.9 Å². The molecule has 0 aliphatic carbocycles. The summed E-state index contributed by atoms with van der Waals surface area (Å²) in [5.74, 6) is 0. The van der Waals surface area contributed by atoms with Crippen LogP contribution in [-0.2, 0) is 22.1 Å². The van der Waals surface area contributed by atoms with E-state index in [0.29, 0.717) is 12.1 Å². The van der Waals surface area contributed by atoms with E-state index in [9.17, 15) is 0 Å². The van der Waals surface area contributed by atoms with Crippen molar-refractivity contribution in [3.8, 4) is 0 Å². The van der Waals surface area contributed by atoms with Gasteiger partial charge in [-0.2, -0.15) is 0 Å². The third-order valence-corrected chi connectivity index (χ3v) is 16.4. The van der Waals surface area contributed by atoms with Crippen LogP contribution in [0.2, 0.25) is 36.3 Å². The molecule has 0 spiro atoms. The lowest BCUT2D eigenvalue weighted by molar-refractivity contribution is 0.276.